The molecule has 0 saturated heterocycles. The summed E-state index contributed by atoms with van der Waals surface area (Å²) in [4.78, 5) is 11.8. The number of nitrogens with one attached hydrogen (secondary N) is 2. The highest BCUT2D eigenvalue weighted by Crippen LogP contribution is 2.23. The van der Waals surface area contributed by atoms with Crippen molar-refractivity contribution < 1.29 is 9.90 Å². The molecule has 0 fully saturated rings. The summed E-state index contributed by atoms with van der Waals surface area (Å²) in [6, 6.07) is 5.10. The molecule has 0 spiro atoms. The van der Waals surface area contributed by atoms with Gasteiger partial charge in [0.25, 0.3) is 5.91 Å². The summed E-state index contributed by atoms with van der Waals surface area (Å²) >= 11 is 0. The van der Waals surface area contributed by atoms with Crippen molar-refractivity contribution in [2.45, 2.75) is 39.7 Å². The number of hydrogen-bond acceptors (Lipinski definition) is 4. The number of benzene rings is 1. The van der Waals surface area contributed by atoms with Crippen LogP contribution in [-0.2, 0) is 0 Å². The highest BCUT2D eigenvalue weighted by Gasteiger charge is 2.22. The molecule has 1 unspecified atom stereocenters. The molecule has 5 N–H and O–H groups in total. The number of aliphatic hydroxyl groups is 1. The molecule has 1 aromatic carbocycles. The Hall–Kier alpha value is -1.75. The van der Waals surface area contributed by atoms with Gasteiger partial charge in [-0.25, -0.2) is 0 Å². The van der Waals surface area contributed by atoms with Gasteiger partial charge in [0.15, 0.2) is 0 Å². The van der Waals surface area contributed by atoms with E-state index in [-0.39, 0.29) is 5.91 Å². The van der Waals surface area contributed by atoms with E-state index in [1.54, 1.807) is 25.1 Å². The van der Waals surface area contributed by atoms with Gasteiger partial charge in [-0.3, -0.25) is 4.79 Å². The minimum atomic E-state index is -0.817. The molecule has 21 heavy (non-hydrogen) atoms. The third kappa shape index (κ3) is 5.63. The largest absolute Gasteiger partial charge is 0.397 e. The minimum absolute atomic E-state index is 0.130. The molecule has 0 heterocycles. The number of nitrogen functional groups attached to an aromatic ring is 1. The maximum atomic E-state index is 11.8. The quantitative estimate of drug-likeness (QED) is 0.581. The molecular formula is C16H27N3O2. The van der Waals surface area contributed by atoms with E-state index >= 15 is 0 Å². The van der Waals surface area contributed by atoms with Crippen LogP contribution in [0.1, 0.15) is 44.5 Å². The molecule has 5 nitrogen and oxygen atoms in total. The summed E-state index contributed by atoms with van der Waals surface area (Å²) in [5.74, 6) is 0.273. The minimum Gasteiger partial charge on any atom is -0.397 e. The van der Waals surface area contributed by atoms with Gasteiger partial charge in [0.05, 0.1) is 17.0 Å². The van der Waals surface area contributed by atoms with Crippen LogP contribution in [0, 0.1) is 5.92 Å². The van der Waals surface area contributed by atoms with Crippen molar-refractivity contribution in [3.63, 3.8) is 0 Å². The van der Waals surface area contributed by atoms with E-state index in [0.717, 1.165) is 0 Å². The van der Waals surface area contributed by atoms with Gasteiger partial charge in [0, 0.05) is 18.7 Å². The highest BCUT2D eigenvalue weighted by atomic mass is 16.3. The van der Waals surface area contributed by atoms with Crippen LogP contribution in [0.25, 0.3) is 0 Å². The van der Waals surface area contributed by atoms with Gasteiger partial charge in [-0.15, -0.1) is 0 Å². The molecule has 0 aromatic heterocycles. The number of rotatable bonds is 7. The third-order valence-corrected chi connectivity index (χ3v) is 3.16. The Morgan fingerprint density at radius 1 is 1.43 bits per heavy atom. The second kappa shape index (κ2) is 7.31. The Bertz CT molecular complexity index is 484. The first kappa shape index (κ1) is 17.3. The van der Waals surface area contributed by atoms with Gasteiger partial charge in [0.1, 0.15) is 0 Å². The van der Waals surface area contributed by atoms with E-state index < -0.39 is 5.60 Å². The Morgan fingerprint density at radius 2 is 2.10 bits per heavy atom. The Labute approximate surface area is 126 Å². The lowest BCUT2D eigenvalue weighted by atomic mass is 9.94. The van der Waals surface area contributed by atoms with Crippen molar-refractivity contribution in [3.8, 4) is 0 Å². The fraction of sp³-hybridized carbons (Fsp3) is 0.562. The molecule has 0 aliphatic heterocycles. The fourth-order valence-electron chi connectivity index (χ4n) is 2.35. The van der Waals surface area contributed by atoms with Crippen LogP contribution in [0.2, 0.25) is 0 Å². The van der Waals surface area contributed by atoms with Gasteiger partial charge in [-0.05, 0) is 44.4 Å². The number of nitrogens with two attached hydrogens (primary N) is 1. The monoisotopic (exact) mass is 293 g/mol. The van der Waals surface area contributed by atoms with Gasteiger partial charge in [0.2, 0.25) is 0 Å². The molecule has 1 amide bonds. The number of anilines is 2. The van der Waals surface area contributed by atoms with E-state index in [4.69, 9.17) is 5.73 Å². The Balaban J connectivity index is 2.79. The molecule has 0 aliphatic carbocycles. The average molecular weight is 293 g/mol. The molecule has 0 bridgehead atoms. The van der Waals surface area contributed by atoms with Crippen molar-refractivity contribution >= 4 is 17.3 Å². The van der Waals surface area contributed by atoms with Crippen molar-refractivity contribution in [1.82, 2.24) is 5.32 Å². The number of carbonyl (C=O) groups is 1. The maximum Gasteiger partial charge on any atom is 0.251 e. The molecular weight excluding hydrogens is 266 g/mol. The van der Waals surface area contributed by atoms with Gasteiger partial charge < -0.3 is 21.5 Å². The van der Waals surface area contributed by atoms with Crippen molar-refractivity contribution in [3.05, 3.63) is 23.8 Å². The van der Waals surface area contributed by atoms with E-state index in [2.05, 4.69) is 24.5 Å². The molecule has 1 rings (SSSR count). The van der Waals surface area contributed by atoms with E-state index in [1.165, 1.54) is 0 Å². The molecule has 0 aliphatic rings. The second-order valence-corrected chi connectivity index (χ2v) is 6.11. The lowest BCUT2D eigenvalue weighted by Gasteiger charge is -2.26. The van der Waals surface area contributed by atoms with Crippen LogP contribution in [0.4, 0.5) is 11.4 Å². The Morgan fingerprint density at radius 3 is 2.67 bits per heavy atom. The molecule has 0 saturated carbocycles. The summed E-state index contributed by atoms with van der Waals surface area (Å²) in [5, 5.41) is 16.2. The van der Waals surface area contributed by atoms with Gasteiger partial charge in [-0.1, -0.05) is 13.8 Å². The lowest BCUT2D eigenvalue weighted by Crippen LogP contribution is -2.35. The molecule has 1 atom stereocenters. The zero-order valence-corrected chi connectivity index (χ0v) is 13.4. The zero-order chi connectivity index (χ0) is 16.0. The first-order valence-electron chi connectivity index (χ1n) is 7.39. The second-order valence-electron chi connectivity index (χ2n) is 6.11. The SMILES string of the molecule is CCNC(=O)c1ccc(N)c(NCC(C)(O)CC(C)C)c1. The number of carbonyl (C=O) groups excluding carboxylic acids is 1. The van der Waals surface area contributed by atoms with E-state index in [9.17, 15) is 9.90 Å². The number of hydrogen-bond donors (Lipinski definition) is 4. The average Bonchev–Trinajstić information content (AvgIpc) is 2.36. The Kier molecular flexibility index (Phi) is 6.03. The first-order valence-corrected chi connectivity index (χ1v) is 7.39. The van der Waals surface area contributed by atoms with E-state index in [1.807, 2.05) is 6.92 Å². The summed E-state index contributed by atoms with van der Waals surface area (Å²) in [6.45, 7) is 8.77. The fourth-order valence-corrected chi connectivity index (χ4v) is 2.35. The van der Waals surface area contributed by atoms with Crippen LogP contribution in [0.5, 0.6) is 0 Å². The van der Waals surface area contributed by atoms with Gasteiger partial charge >= 0.3 is 0 Å². The zero-order valence-electron chi connectivity index (χ0n) is 13.4. The van der Waals surface area contributed by atoms with Crippen LogP contribution >= 0.6 is 0 Å². The first-order chi connectivity index (χ1) is 9.75. The van der Waals surface area contributed by atoms with Crippen LogP contribution in [0.3, 0.4) is 0 Å². The summed E-state index contributed by atoms with van der Waals surface area (Å²) in [6.07, 6.45) is 0.690. The number of amides is 1. The highest BCUT2D eigenvalue weighted by molar-refractivity contribution is 5.96. The summed E-state index contributed by atoms with van der Waals surface area (Å²) in [5.41, 5.74) is 6.88. The molecule has 0 radical (unpaired) electrons. The molecule has 1 aromatic rings. The van der Waals surface area contributed by atoms with Crippen molar-refractivity contribution in [2.24, 2.45) is 5.92 Å². The predicted octanol–water partition coefficient (Wildman–Crippen LogP) is 2.23. The standard InChI is InChI=1S/C16H27N3O2/c1-5-18-15(20)12-6-7-13(17)14(8-12)19-10-16(4,21)9-11(2)3/h6-8,11,19,21H,5,9-10,17H2,1-4H3,(H,18,20). The van der Waals surface area contributed by atoms with Crippen molar-refractivity contribution in [1.29, 1.82) is 0 Å². The predicted molar refractivity (Wildman–Crippen MR) is 87.4 cm³/mol. The van der Waals surface area contributed by atoms with E-state index in [0.29, 0.717) is 42.4 Å². The van der Waals surface area contributed by atoms with Crippen LogP contribution in [-0.4, -0.2) is 29.7 Å². The normalized spacial score (nSPS) is 13.8. The molecule has 5 heteroatoms. The molecule has 118 valence electrons. The maximum absolute atomic E-state index is 11.8. The topological polar surface area (TPSA) is 87.4 Å². The van der Waals surface area contributed by atoms with Crippen LogP contribution in [0.15, 0.2) is 18.2 Å². The van der Waals surface area contributed by atoms with Crippen LogP contribution < -0.4 is 16.4 Å². The smallest absolute Gasteiger partial charge is 0.251 e. The summed E-state index contributed by atoms with van der Waals surface area (Å²) in [7, 11) is 0. The lowest BCUT2D eigenvalue weighted by molar-refractivity contribution is 0.0515. The third-order valence-electron chi connectivity index (χ3n) is 3.16. The van der Waals surface area contributed by atoms with Crippen molar-refractivity contribution in [2.75, 3.05) is 24.1 Å². The van der Waals surface area contributed by atoms with Gasteiger partial charge in [-0.2, -0.15) is 0 Å². The summed E-state index contributed by atoms with van der Waals surface area (Å²) < 4.78 is 0.